The van der Waals surface area contributed by atoms with Gasteiger partial charge in [-0.15, -0.1) is 11.8 Å². The van der Waals surface area contributed by atoms with Crippen molar-refractivity contribution in [1.82, 2.24) is 10.2 Å². The fourth-order valence-electron chi connectivity index (χ4n) is 3.80. The van der Waals surface area contributed by atoms with E-state index in [4.69, 9.17) is 23.2 Å². The van der Waals surface area contributed by atoms with E-state index in [0.717, 1.165) is 16.7 Å². The number of halogens is 2. The van der Waals surface area contributed by atoms with Crippen LogP contribution in [0.1, 0.15) is 37.5 Å². The molecule has 1 atom stereocenters. The molecular formula is C29H32Cl2N2O2S. The maximum Gasteiger partial charge on any atom is 0.243 e. The van der Waals surface area contributed by atoms with Crippen LogP contribution in [0.5, 0.6) is 0 Å². The molecule has 0 aliphatic rings. The summed E-state index contributed by atoms with van der Waals surface area (Å²) in [7, 11) is 0. The molecular weight excluding hydrogens is 511 g/mol. The van der Waals surface area contributed by atoms with E-state index in [0.29, 0.717) is 22.2 Å². The minimum atomic E-state index is -0.676. The van der Waals surface area contributed by atoms with E-state index < -0.39 is 11.6 Å². The fraction of sp³-hybridized carbons (Fsp3) is 0.310. The summed E-state index contributed by atoms with van der Waals surface area (Å²) in [5, 5.41) is 4.34. The molecule has 0 aliphatic heterocycles. The van der Waals surface area contributed by atoms with Crippen LogP contribution >= 0.6 is 35.0 Å². The van der Waals surface area contributed by atoms with E-state index in [1.165, 1.54) is 11.8 Å². The number of thioether (sulfide) groups is 1. The lowest BCUT2D eigenvalue weighted by Gasteiger charge is -2.34. The van der Waals surface area contributed by atoms with Gasteiger partial charge in [-0.25, -0.2) is 0 Å². The summed E-state index contributed by atoms with van der Waals surface area (Å²) < 4.78 is 0. The van der Waals surface area contributed by atoms with E-state index in [-0.39, 0.29) is 24.1 Å². The molecule has 3 aromatic carbocycles. The molecule has 0 bridgehead atoms. The van der Waals surface area contributed by atoms with Crippen molar-refractivity contribution in [2.45, 2.75) is 51.1 Å². The van der Waals surface area contributed by atoms with Gasteiger partial charge in [-0.2, -0.15) is 0 Å². The van der Waals surface area contributed by atoms with E-state index in [1.807, 2.05) is 93.6 Å². The molecule has 0 saturated carbocycles. The van der Waals surface area contributed by atoms with Crippen LogP contribution in [0.3, 0.4) is 0 Å². The normalized spacial score (nSPS) is 12.1. The zero-order valence-electron chi connectivity index (χ0n) is 20.8. The summed E-state index contributed by atoms with van der Waals surface area (Å²) in [6, 6.07) is 24.1. The molecule has 0 unspecified atom stereocenters. The molecule has 3 aromatic rings. The number of carbonyl (C=O) groups excluding carboxylic acids is 2. The summed E-state index contributed by atoms with van der Waals surface area (Å²) in [6.07, 6.45) is 0.411. The lowest BCUT2D eigenvalue weighted by atomic mass is 10.0. The molecule has 190 valence electrons. The van der Waals surface area contributed by atoms with Crippen molar-refractivity contribution in [3.63, 3.8) is 0 Å². The molecule has 2 amide bonds. The van der Waals surface area contributed by atoms with Crippen molar-refractivity contribution in [2.24, 2.45) is 0 Å². The Balaban J connectivity index is 1.87. The molecule has 3 rings (SSSR count). The first-order chi connectivity index (χ1) is 17.1. The first-order valence-corrected chi connectivity index (χ1v) is 13.7. The molecule has 4 nitrogen and oxygen atoms in total. The number of nitrogens with zero attached hydrogens (tertiary/aromatic N) is 1. The third-order valence-corrected chi connectivity index (χ3v) is 6.85. The maximum absolute atomic E-state index is 13.7. The zero-order valence-corrected chi connectivity index (χ0v) is 23.2. The van der Waals surface area contributed by atoms with Crippen molar-refractivity contribution in [3.05, 3.63) is 106 Å². The molecule has 0 saturated heterocycles. The van der Waals surface area contributed by atoms with Crippen LogP contribution in [-0.2, 0) is 28.3 Å². The van der Waals surface area contributed by atoms with Gasteiger partial charge in [0.15, 0.2) is 0 Å². The summed E-state index contributed by atoms with van der Waals surface area (Å²) in [5.74, 6) is 0.601. The standard InChI is InChI=1S/C29H32Cl2N2O2S/c1-29(2,3)32-28(35)26(17-21-9-5-4-6-10-21)33(18-22-11-7-13-24(30)15-22)27(34)20-36-19-23-12-8-14-25(31)16-23/h4-16,26H,17-20H2,1-3H3,(H,32,35)/t26-/m0/s1. The Hall–Kier alpha value is -2.47. The minimum Gasteiger partial charge on any atom is -0.350 e. The van der Waals surface area contributed by atoms with Crippen LogP contribution in [0.25, 0.3) is 0 Å². The topological polar surface area (TPSA) is 49.4 Å². The van der Waals surface area contributed by atoms with Crippen LogP contribution in [0, 0.1) is 0 Å². The quantitative estimate of drug-likeness (QED) is 0.307. The molecule has 1 N–H and O–H groups in total. The SMILES string of the molecule is CC(C)(C)NC(=O)[C@H](Cc1ccccc1)N(Cc1cccc(Cl)c1)C(=O)CSCc1cccc(Cl)c1. The molecule has 0 fully saturated rings. The van der Waals surface area contributed by atoms with Gasteiger partial charge in [-0.05, 0) is 61.7 Å². The minimum absolute atomic E-state index is 0.105. The molecule has 0 spiro atoms. The average Bonchev–Trinajstić information content (AvgIpc) is 2.81. The van der Waals surface area contributed by atoms with Gasteiger partial charge in [0, 0.05) is 34.3 Å². The van der Waals surface area contributed by atoms with E-state index in [2.05, 4.69) is 5.32 Å². The predicted molar refractivity (Wildman–Crippen MR) is 151 cm³/mol. The van der Waals surface area contributed by atoms with Gasteiger partial charge >= 0.3 is 0 Å². The molecule has 0 aliphatic carbocycles. The number of rotatable bonds is 10. The van der Waals surface area contributed by atoms with Gasteiger partial charge in [0.25, 0.3) is 0 Å². The Labute approximate surface area is 228 Å². The lowest BCUT2D eigenvalue weighted by Crippen LogP contribution is -2.54. The van der Waals surface area contributed by atoms with E-state index in [1.54, 1.807) is 11.0 Å². The Morgan fingerprint density at radius 3 is 2.06 bits per heavy atom. The largest absolute Gasteiger partial charge is 0.350 e. The summed E-state index contributed by atoms with van der Waals surface area (Å²) in [4.78, 5) is 28.9. The molecule has 36 heavy (non-hydrogen) atoms. The maximum atomic E-state index is 13.7. The number of amides is 2. The highest BCUT2D eigenvalue weighted by Crippen LogP contribution is 2.21. The van der Waals surface area contributed by atoms with E-state index >= 15 is 0 Å². The Morgan fingerprint density at radius 1 is 0.861 bits per heavy atom. The molecule has 0 heterocycles. The first-order valence-electron chi connectivity index (χ1n) is 11.8. The van der Waals surface area contributed by atoms with Gasteiger partial charge in [-0.1, -0.05) is 77.8 Å². The van der Waals surface area contributed by atoms with E-state index in [9.17, 15) is 9.59 Å². The molecule has 0 aromatic heterocycles. The van der Waals surface area contributed by atoms with Crippen molar-refractivity contribution in [2.75, 3.05) is 5.75 Å². The number of carbonyl (C=O) groups is 2. The highest BCUT2D eigenvalue weighted by Gasteiger charge is 2.32. The molecule has 7 heteroatoms. The van der Waals surface area contributed by atoms with Crippen LogP contribution in [0.2, 0.25) is 10.0 Å². The Morgan fingerprint density at radius 2 is 1.44 bits per heavy atom. The van der Waals surface area contributed by atoms with Crippen LogP contribution in [0.4, 0.5) is 0 Å². The smallest absolute Gasteiger partial charge is 0.243 e. The second-order valence-corrected chi connectivity index (χ2v) is 11.6. The van der Waals surface area contributed by atoms with Crippen molar-refractivity contribution in [3.8, 4) is 0 Å². The summed E-state index contributed by atoms with van der Waals surface area (Å²) >= 11 is 13.8. The second kappa shape index (κ2) is 13.2. The predicted octanol–water partition coefficient (Wildman–Crippen LogP) is 6.78. The number of nitrogens with one attached hydrogen (secondary N) is 1. The third-order valence-electron chi connectivity index (χ3n) is 5.39. The molecule has 0 radical (unpaired) electrons. The van der Waals surface area contributed by atoms with Gasteiger partial charge in [0.1, 0.15) is 6.04 Å². The highest BCUT2D eigenvalue weighted by molar-refractivity contribution is 7.99. The second-order valence-electron chi connectivity index (χ2n) is 9.72. The van der Waals surface area contributed by atoms with Gasteiger partial charge in [-0.3, -0.25) is 9.59 Å². The Bertz CT molecular complexity index is 1170. The van der Waals surface area contributed by atoms with Crippen LogP contribution < -0.4 is 5.32 Å². The van der Waals surface area contributed by atoms with Gasteiger partial charge < -0.3 is 10.2 Å². The van der Waals surface area contributed by atoms with Crippen molar-refractivity contribution >= 4 is 46.8 Å². The first kappa shape index (κ1) is 28.1. The number of hydrogen-bond donors (Lipinski definition) is 1. The van der Waals surface area contributed by atoms with Crippen LogP contribution in [-0.4, -0.2) is 34.0 Å². The number of hydrogen-bond acceptors (Lipinski definition) is 3. The number of benzene rings is 3. The summed E-state index contributed by atoms with van der Waals surface area (Å²) in [6.45, 7) is 6.10. The highest BCUT2D eigenvalue weighted by atomic mass is 35.5. The van der Waals surface area contributed by atoms with Gasteiger partial charge in [0.05, 0.1) is 5.75 Å². The zero-order chi connectivity index (χ0) is 26.1. The lowest BCUT2D eigenvalue weighted by molar-refractivity contribution is -0.140. The summed E-state index contributed by atoms with van der Waals surface area (Å²) in [5.41, 5.74) is 2.48. The fourth-order valence-corrected chi connectivity index (χ4v) is 5.09. The Kier molecular flexibility index (Phi) is 10.3. The van der Waals surface area contributed by atoms with Crippen LogP contribution in [0.15, 0.2) is 78.9 Å². The van der Waals surface area contributed by atoms with Crippen molar-refractivity contribution in [1.29, 1.82) is 0 Å². The third kappa shape index (κ3) is 9.20. The van der Waals surface area contributed by atoms with Crippen molar-refractivity contribution < 1.29 is 9.59 Å². The van der Waals surface area contributed by atoms with Gasteiger partial charge in [0.2, 0.25) is 11.8 Å². The monoisotopic (exact) mass is 542 g/mol. The average molecular weight is 544 g/mol.